The van der Waals surface area contributed by atoms with Gasteiger partial charge in [-0.3, -0.25) is 0 Å². The van der Waals surface area contributed by atoms with Crippen LogP contribution in [0.2, 0.25) is 0 Å². The fourth-order valence-corrected chi connectivity index (χ4v) is 1.23. The van der Waals surface area contributed by atoms with E-state index in [4.69, 9.17) is 5.73 Å². The van der Waals surface area contributed by atoms with Crippen LogP contribution in [0.1, 0.15) is 26.7 Å². The molecule has 0 bridgehead atoms. The van der Waals surface area contributed by atoms with Gasteiger partial charge in [0.2, 0.25) is 0 Å². The van der Waals surface area contributed by atoms with E-state index in [1.165, 1.54) is 0 Å². The van der Waals surface area contributed by atoms with Crippen molar-refractivity contribution in [2.75, 3.05) is 5.33 Å². The van der Waals surface area contributed by atoms with E-state index in [9.17, 15) is 0 Å². The van der Waals surface area contributed by atoms with E-state index >= 15 is 0 Å². The molecule has 0 spiro atoms. The lowest BCUT2D eigenvalue weighted by Gasteiger charge is -2.22. The summed E-state index contributed by atoms with van der Waals surface area (Å²) in [6, 6.07) is 0. The Balaban J connectivity index is 0. The zero-order valence-corrected chi connectivity index (χ0v) is 9.28. The minimum absolute atomic E-state index is 0. The second-order valence-corrected chi connectivity index (χ2v) is 2.76. The van der Waals surface area contributed by atoms with Crippen molar-refractivity contribution in [3.63, 3.8) is 0 Å². The summed E-state index contributed by atoms with van der Waals surface area (Å²) in [5.41, 5.74) is 5.89. The Hall–Kier alpha value is 0.920. The summed E-state index contributed by atoms with van der Waals surface area (Å²) in [4.78, 5) is 0. The van der Waals surface area contributed by atoms with E-state index in [0.717, 1.165) is 18.2 Å². The highest BCUT2D eigenvalue weighted by Gasteiger charge is 2.16. The summed E-state index contributed by atoms with van der Waals surface area (Å²) in [6.45, 7) is 4.23. The molecule has 0 radical (unpaired) electrons. The predicted molar refractivity (Wildman–Crippen MR) is 51.6 cm³/mol. The van der Waals surface area contributed by atoms with E-state index in [-0.39, 0.29) is 22.5 Å². The Kier molecular flexibility index (Phi) is 7.95. The molecule has 1 nitrogen and oxygen atoms in total. The van der Waals surface area contributed by atoms with Crippen LogP contribution < -0.4 is 5.73 Å². The second-order valence-electron chi connectivity index (χ2n) is 2.20. The van der Waals surface area contributed by atoms with Crippen LogP contribution in [-0.2, 0) is 0 Å². The van der Waals surface area contributed by atoms with Gasteiger partial charge in [0, 0.05) is 10.9 Å². The van der Waals surface area contributed by atoms with E-state index in [1.54, 1.807) is 0 Å². The molecule has 0 fully saturated rings. The second kappa shape index (κ2) is 5.69. The summed E-state index contributed by atoms with van der Waals surface area (Å²) in [6.07, 6.45) is 2.10. The summed E-state index contributed by atoms with van der Waals surface area (Å²) >= 11 is 3.37. The van der Waals surface area contributed by atoms with Gasteiger partial charge in [0.1, 0.15) is 0 Å². The Morgan fingerprint density at radius 2 is 1.67 bits per heavy atom. The Morgan fingerprint density at radius 3 is 1.67 bits per heavy atom. The Labute approximate surface area is 76.3 Å². The average Bonchev–Trinajstić information content (AvgIpc) is 1.87. The molecule has 3 heteroatoms. The van der Waals surface area contributed by atoms with Crippen LogP contribution in [0.5, 0.6) is 0 Å². The van der Waals surface area contributed by atoms with E-state index in [0.29, 0.717) is 0 Å². The fraction of sp³-hybridized carbons (Fsp3) is 1.00. The van der Waals surface area contributed by atoms with Crippen molar-refractivity contribution in [1.29, 1.82) is 0 Å². The molecule has 0 aromatic carbocycles. The lowest BCUT2D eigenvalue weighted by Crippen LogP contribution is -2.39. The number of nitrogens with two attached hydrogens (primary N) is 1. The molecule has 0 atom stereocenters. The van der Waals surface area contributed by atoms with Crippen LogP contribution >= 0.6 is 32.9 Å². The Bertz CT molecular complexity index is 53.8. The van der Waals surface area contributed by atoms with Gasteiger partial charge in [0.05, 0.1) is 0 Å². The van der Waals surface area contributed by atoms with Crippen LogP contribution in [0.25, 0.3) is 0 Å². The van der Waals surface area contributed by atoms with E-state index in [1.807, 2.05) is 0 Å². The third-order valence-electron chi connectivity index (χ3n) is 1.67. The van der Waals surface area contributed by atoms with Gasteiger partial charge < -0.3 is 5.73 Å². The fourth-order valence-electron chi connectivity index (χ4n) is 0.439. The highest BCUT2D eigenvalue weighted by molar-refractivity contribution is 9.09. The number of alkyl halides is 1. The minimum Gasteiger partial charge on any atom is -0.324 e. The van der Waals surface area contributed by atoms with Crippen molar-refractivity contribution in [1.82, 2.24) is 0 Å². The zero-order valence-electron chi connectivity index (χ0n) is 5.98. The maximum absolute atomic E-state index is 5.85. The molecule has 0 saturated heterocycles. The standard InChI is InChI=1S/C6H14BrN.BrH/c1-3-6(8,4-2)5-7;/h3-5,8H2,1-2H3;1H. The molecule has 0 aromatic rings. The van der Waals surface area contributed by atoms with Gasteiger partial charge in [0.15, 0.2) is 0 Å². The SMILES string of the molecule is Br.CCC(N)(CC)CBr. The molecule has 0 heterocycles. The summed E-state index contributed by atoms with van der Waals surface area (Å²) in [7, 11) is 0. The molecule has 9 heavy (non-hydrogen) atoms. The lowest BCUT2D eigenvalue weighted by atomic mass is 9.98. The zero-order chi connectivity index (χ0) is 6.62. The molecule has 0 aromatic heterocycles. The summed E-state index contributed by atoms with van der Waals surface area (Å²) in [5.74, 6) is 0. The van der Waals surface area contributed by atoms with Crippen molar-refractivity contribution in [2.45, 2.75) is 32.2 Å². The highest BCUT2D eigenvalue weighted by Crippen LogP contribution is 2.13. The van der Waals surface area contributed by atoms with E-state index < -0.39 is 0 Å². The van der Waals surface area contributed by atoms with Crippen molar-refractivity contribution in [3.05, 3.63) is 0 Å². The summed E-state index contributed by atoms with van der Waals surface area (Å²) < 4.78 is 0. The van der Waals surface area contributed by atoms with Crippen LogP contribution in [0.4, 0.5) is 0 Å². The smallest absolute Gasteiger partial charge is 0.0247 e. The monoisotopic (exact) mass is 259 g/mol. The van der Waals surface area contributed by atoms with Crippen molar-refractivity contribution in [2.24, 2.45) is 5.73 Å². The first kappa shape index (κ1) is 12.6. The summed E-state index contributed by atoms with van der Waals surface area (Å²) in [5, 5.41) is 0.910. The largest absolute Gasteiger partial charge is 0.324 e. The third-order valence-corrected chi connectivity index (χ3v) is 2.79. The van der Waals surface area contributed by atoms with Gasteiger partial charge >= 0.3 is 0 Å². The molecule has 0 saturated carbocycles. The molecule has 0 aliphatic rings. The maximum Gasteiger partial charge on any atom is 0.0247 e. The third kappa shape index (κ3) is 4.34. The average molecular weight is 261 g/mol. The molecular formula is C6H15Br2N. The number of rotatable bonds is 3. The maximum atomic E-state index is 5.85. The molecule has 0 aliphatic heterocycles. The molecule has 2 N–H and O–H groups in total. The van der Waals surface area contributed by atoms with Crippen molar-refractivity contribution >= 4 is 32.9 Å². The van der Waals surface area contributed by atoms with Crippen LogP contribution in [0.3, 0.4) is 0 Å². The van der Waals surface area contributed by atoms with Crippen LogP contribution in [0.15, 0.2) is 0 Å². The highest BCUT2D eigenvalue weighted by atomic mass is 79.9. The first-order chi connectivity index (χ1) is 3.68. The van der Waals surface area contributed by atoms with Gasteiger partial charge in [-0.25, -0.2) is 0 Å². The quantitative estimate of drug-likeness (QED) is 0.776. The topological polar surface area (TPSA) is 26.0 Å². The molecular weight excluding hydrogens is 246 g/mol. The molecule has 58 valence electrons. The molecule has 0 aliphatic carbocycles. The van der Waals surface area contributed by atoms with Gasteiger partial charge in [-0.15, -0.1) is 17.0 Å². The Morgan fingerprint density at radius 1 is 1.33 bits per heavy atom. The van der Waals surface area contributed by atoms with Gasteiger partial charge in [0.25, 0.3) is 0 Å². The van der Waals surface area contributed by atoms with E-state index in [2.05, 4.69) is 29.8 Å². The molecule has 0 unspecified atom stereocenters. The first-order valence-corrected chi connectivity index (χ1v) is 4.15. The van der Waals surface area contributed by atoms with Crippen molar-refractivity contribution in [3.8, 4) is 0 Å². The number of halogens is 2. The minimum atomic E-state index is 0. The van der Waals surface area contributed by atoms with Crippen LogP contribution in [-0.4, -0.2) is 10.9 Å². The first-order valence-electron chi connectivity index (χ1n) is 3.03. The normalized spacial score (nSPS) is 10.7. The lowest BCUT2D eigenvalue weighted by molar-refractivity contribution is 0.449. The van der Waals surface area contributed by atoms with Crippen LogP contribution in [0, 0.1) is 0 Å². The van der Waals surface area contributed by atoms with Crippen molar-refractivity contribution < 1.29 is 0 Å². The van der Waals surface area contributed by atoms with Gasteiger partial charge in [-0.2, -0.15) is 0 Å². The predicted octanol–water partition coefficient (Wildman–Crippen LogP) is 2.48. The molecule has 0 rings (SSSR count). The molecule has 0 amide bonds. The number of hydrogen-bond donors (Lipinski definition) is 1. The van der Waals surface area contributed by atoms with Gasteiger partial charge in [-0.1, -0.05) is 29.8 Å². The number of hydrogen-bond acceptors (Lipinski definition) is 1. The van der Waals surface area contributed by atoms with Gasteiger partial charge in [-0.05, 0) is 12.8 Å².